The highest BCUT2D eigenvalue weighted by Gasteiger charge is 2.25. The first-order valence-corrected chi connectivity index (χ1v) is 8.04. The van der Waals surface area contributed by atoms with Crippen molar-refractivity contribution in [1.29, 1.82) is 0 Å². The maximum atomic E-state index is 12.6. The van der Waals surface area contributed by atoms with E-state index in [1.807, 2.05) is 24.6 Å². The van der Waals surface area contributed by atoms with Crippen LogP contribution in [0.5, 0.6) is 0 Å². The molecule has 0 spiro atoms. The van der Waals surface area contributed by atoms with Crippen molar-refractivity contribution in [3.63, 3.8) is 0 Å². The van der Waals surface area contributed by atoms with E-state index in [9.17, 15) is 9.59 Å². The van der Waals surface area contributed by atoms with Gasteiger partial charge in [0.15, 0.2) is 0 Å². The second-order valence-electron chi connectivity index (χ2n) is 5.85. The molecule has 24 heavy (non-hydrogen) atoms. The van der Waals surface area contributed by atoms with E-state index in [1.165, 1.54) is 7.11 Å². The molecule has 1 amide bonds. The van der Waals surface area contributed by atoms with Crippen LogP contribution in [0.1, 0.15) is 52.4 Å². The van der Waals surface area contributed by atoms with E-state index in [1.54, 1.807) is 19.4 Å². The number of rotatable bonds is 7. The third-order valence-electron chi connectivity index (χ3n) is 3.83. The molecule has 7 nitrogen and oxygen atoms in total. The Hall–Kier alpha value is -2.57. The molecule has 0 aliphatic carbocycles. The third kappa shape index (κ3) is 3.84. The predicted octanol–water partition coefficient (Wildman–Crippen LogP) is 2.08. The van der Waals surface area contributed by atoms with Crippen molar-refractivity contribution in [3.8, 4) is 0 Å². The first-order chi connectivity index (χ1) is 11.5. The van der Waals surface area contributed by atoms with Gasteiger partial charge in [0.2, 0.25) is 0 Å². The smallest absolute Gasteiger partial charge is 0.339 e. The lowest BCUT2D eigenvalue weighted by Crippen LogP contribution is -2.36. The quantitative estimate of drug-likeness (QED) is 0.760. The van der Waals surface area contributed by atoms with Gasteiger partial charge in [-0.1, -0.05) is 13.3 Å². The van der Waals surface area contributed by atoms with Gasteiger partial charge in [0.25, 0.3) is 5.91 Å². The number of hydrogen-bond donors (Lipinski definition) is 2. The molecule has 0 aromatic carbocycles. The van der Waals surface area contributed by atoms with Crippen molar-refractivity contribution in [2.75, 3.05) is 7.11 Å². The van der Waals surface area contributed by atoms with Gasteiger partial charge >= 0.3 is 5.97 Å². The minimum absolute atomic E-state index is 0.0774. The summed E-state index contributed by atoms with van der Waals surface area (Å²) in [5, 5.41) is 2.96. The Bertz CT molecular complexity index is 704. The zero-order valence-corrected chi connectivity index (χ0v) is 14.5. The molecule has 1 atom stereocenters. The zero-order chi connectivity index (χ0) is 17.7. The van der Waals surface area contributed by atoms with E-state index in [0.717, 1.165) is 6.42 Å². The summed E-state index contributed by atoms with van der Waals surface area (Å²) in [6.45, 7) is 6.33. The third-order valence-corrected chi connectivity index (χ3v) is 3.83. The number of nitrogens with zero attached hydrogens (tertiary/aromatic N) is 2. The standard InChI is InChI=1S/C17H24N4O3/c1-5-6-13-14(17(23)24-4)12(3)20-15(13)16(22)19-11(2)9-21-8-7-18-10-21/h7-8,10-11,20H,5-6,9H2,1-4H3,(H,19,22)/t11-/m0/s1. The van der Waals surface area contributed by atoms with E-state index in [4.69, 9.17) is 4.74 Å². The van der Waals surface area contributed by atoms with Gasteiger partial charge < -0.3 is 19.6 Å². The Labute approximate surface area is 141 Å². The van der Waals surface area contributed by atoms with Crippen molar-refractivity contribution in [2.45, 2.75) is 46.2 Å². The summed E-state index contributed by atoms with van der Waals surface area (Å²) in [4.78, 5) is 31.7. The van der Waals surface area contributed by atoms with Crippen LogP contribution in [-0.4, -0.2) is 39.6 Å². The van der Waals surface area contributed by atoms with Gasteiger partial charge in [-0.2, -0.15) is 0 Å². The summed E-state index contributed by atoms with van der Waals surface area (Å²) in [6, 6.07) is -0.0774. The molecule has 0 unspecified atom stereocenters. The van der Waals surface area contributed by atoms with Crippen molar-refractivity contribution in [1.82, 2.24) is 19.9 Å². The Morgan fingerprint density at radius 1 is 1.46 bits per heavy atom. The van der Waals surface area contributed by atoms with Crippen LogP contribution in [0.15, 0.2) is 18.7 Å². The number of carbonyl (C=O) groups excluding carboxylic acids is 2. The number of aromatic amines is 1. The monoisotopic (exact) mass is 332 g/mol. The summed E-state index contributed by atoms with van der Waals surface area (Å²) in [7, 11) is 1.34. The van der Waals surface area contributed by atoms with E-state index in [-0.39, 0.29) is 11.9 Å². The minimum Gasteiger partial charge on any atom is -0.465 e. The van der Waals surface area contributed by atoms with Gasteiger partial charge in [0.1, 0.15) is 5.69 Å². The average Bonchev–Trinajstić information content (AvgIpc) is 3.15. The minimum atomic E-state index is -0.419. The van der Waals surface area contributed by atoms with Crippen LogP contribution in [0.25, 0.3) is 0 Å². The summed E-state index contributed by atoms with van der Waals surface area (Å²) in [5.74, 6) is -0.637. The lowest BCUT2D eigenvalue weighted by atomic mass is 10.0. The molecule has 0 bridgehead atoms. The molecule has 0 saturated carbocycles. The fourth-order valence-electron chi connectivity index (χ4n) is 2.80. The maximum absolute atomic E-state index is 12.6. The molecule has 2 N–H and O–H groups in total. The van der Waals surface area contributed by atoms with Crippen LogP contribution in [0.3, 0.4) is 0 Å². The van der Waals surface area contributed by atoms with Crippen LogP contribution < -0.4 is 5.32 Å². The molecule has 0 aliphatic heterocycles. The fourth-order valence-corrected chi connectivity index (χ4v) is 2.80. The van der Waals surface area contributed by atoms with Gasteiger partial charge in [-0.05, 0) is 25.8 Å². The number of H-pyrrole nitrogens is 1. The molecule has 2 heterocycles. The summed E-state index contributed by atoms with van der Waals surface area (Å²) in [5.41, 5.74) is 2.27. The largest absolute Gasteiger partial charge is 0.465 e. The maximum Gasteiger partial charge on any atom is 0.339 e. The summed E-state index contributed by atoms with van der Waals surface area (Å²) < 4.78 is 6.75. The fraction of sp³-hybridized carbons (Fsp3) is 0.471. The first kappa shape index (κ1) is 17.8. The van der Waals surface area contributed by atoms with Crippen molar-refractivity contribution in [2.24, 2.45) is 0 Å². The predicted molar refractivity (Wildman–Crippen MR) is 90.0 cm³/mol. The summed E-state index contributed by atoms with van der Waals surface area (Å²) in [6.07, 6.45) is 6.71. The zero-order valence-electron chi connectivity index (χ0n) is 14.5. The lowest BCUT2D eigenvalue weighted by molar-refractivity contribution is 0.0599. The molecule has 0 radical (unpaired) electrons. The van der Waals surface area contributed by atoms with E-state index in [0.29, 0.717) is 35.5 Å². The Morgan fingerprint density at radius 3 is 2.79 bits per heavy atom. The first-order valence-electron chi connectivity index (χ1n) is 8.04. The number of aryl methyl sites for hydroxylation is 1. The second kappa shape index (κ2) is 7.81. The molecule has 0 saturated heterocycles. The molecule has 130 valence electrons. The Morgan fingerprint density at radius 2 is 2.21 bits per heavy atom. The van der Waals surface area contributed by atoms with Gasteiger partial charge in [-0.15, -0.1) is 0 Å². The van der Waals surface area contributed by atoms with Gasteiger partial charge in [0.05, 0.1) is 19.0 Å². The SMILES string of the molecule is CCCc1c(C(=O)N[C@@H](C)Cn2ccnc2)[nH]c(C)c1C(=O)OC. The molecular weight excluding hydrogens is 308 g/mol. The van der Waals surface area contributed by atoms with E-state index >= 15 is 0 Å². The van der Waals surface area contributed by atoms with Crippen molar-refractivity contribution < 1.29 is 14.3 Å². The van der Waals surface area contributed by atoms with Crippen molar-refractivity contribution >= 4 is 11.9 Å². The highest BCUT2D eigenvalue weighted by Crippen LogP contribution is 2.22. The van der Waals surface area contributed by atoms with Gasteiger partial charge in [-0.3, -0.25) is 4.79 Å². The number of nitrogens with one attached hydrogen (secondary N) is 2. The highest BCUT2D eigenvalue weighted by molar-refractivity contribution is 6.00. The highest BCUT2D eigenvalue weighted by atomic mass is 16.5. The second-order valence-corrected chi connectivity index (χ2v) is 5.85. The molecule has 2 aromatic heterocycles. The molecule has 2 rings (SSSR count). The number of esters is 1. The molecular formula is C17H24N4O3. The lowest BCUT2D eigenvalue weighted by Gasteiger charge is -2.14. The molecule has 7 heteroatoms. The summed E-state index contributed by atoms with van der Waals surface area (Å²) >= 11 is 0. The van der Waals surface area contributed by atoms with Crippen LogP contribution in [0.2, 0.25) is 0 Å². The average molecular weight is 332 g/mol. The Kier molecular flexibility index (Phi) is 5.78. The molecule has 2 aromatic rings. The number of imidazole rings is 1. The van der Waals surface area contributed by atoms with E-state index in [2.05, 4.69) is 15.3 Å². The van der Waals surface area contributed by atoms with Crippen LogP contribution in [-0.2, 0) is 17.7 Å². The van der Waals surface area contributed by atoms with Gasteiger partial charge in [0, 0.05) is 30.7 Å². The number of hydrogen-bond acceptors (Lipinski definition) is 4. The number of methoxy groups -OCH3 is 1. The topological polar surface area (TPSA) is 89.0 Å². The molecule has 0 aliphatic rings. The van der Waals surface area contributed by atoms with Crippen LogP contribution in [0.4, 0.5) is 0 Å². The number of amides is 1. The van der Waals surface area contributed by atoms with E-state index < -0.39 is 5.97 Å². The number of carbonyl (C=O) groups is 2. The Balaban J connectivity index is 2.20. The van der Waals surface area contributed by atoms with Gasteiger partial charge in [-0.25, -0.2) is 9.78 Å². The van der Waals surface area contributed by atoms with Crippen molar-refractivity contribution in [3.05, 3.63) is 41.2 Å². The normalized spacial score (nSPS) is 12.0. The number of aromatic nitrogens is 3. The number of ether oxygens (including phenoxy) is 1. The van der Waals surface area contributed by atoms with Crippen LogP contribution in [0, 0.1) is 6.92 Å². The molecule has 0 fully saturated rings. The van der Waals surface area contributed by atoms with Crippen LogP contribution >= 0.6 is 0 Å².